The zero-order chi connectivity index (χ0) is 20.4. The van der Waals surface area contributed by atoms with Crippen molar-refractivity contribution in [3.8, 4) is 5.69 Å². The number of benzene rings is 2. The highest BCUT2D eigenvalue weighted by Crippen LogP contribution is 2.15. The second-order valence-corrected chi connectivity index (χ2v) is 7.06. The minimum Gasteiger partial charge on any atom is -0.352 e. The van der Waals surface area contributed by atoms with Crippen LogP contribution in [0.25, 0.3) is 5.69 Å². The van der Waals surface area contributed by atoms with Crippen molar-refractivity contribution in [1.82, 2.24) is 14.7 Å². The summed E-state index contributed by atoms with van der Waals surface area (Å²) in [6.07, 6.45) is 0. The molecule has 2 heterocycles. The van der Waals surface area contributed by atoms with Crippen LogP contribution in [-0.4, -0.2) is 46.8 Å². The lowest BCUT2D eigenvalue weighted by atomic mass is 10.2. The summed E-state index contributed by atoms with van der Waals surface area (Å²) in [4.78, 5) is 28.7. The molecule has 1 fully saturated rings. The molecule has 1 amide bonds. The molecule has 0 N–H and O–H groups in total. The van der Waals surface area contributed by atoms with E-state index in [1.54, 1.807) is 11.0 Å². The molecule has 1 saturated heterocycles. The van der Waals surface area contributed by atoms with Crippen LogP contribution in [0.1, 0.15) is 15.9 Å². The lowest BCUT2D eigenvalue weighted by Crippen LogP contribution is -2.49. The molecular formula is C22H21FN4O2. The number of piperazine rings is 1. The van der Waals surface area contributed by atoms with Gasteiger partial charge in [0.2, 0.25) is 0 Å². The Morgan fingerprint density at radius 2 is 1.55 bits per heavy atom. The summed E-state index contributed by atoms with van der Waals surface area (Å²) >= 11 is 0. The molecule has 6 nitrogen and oxygen atoms in total. The lowest BCUT2D eigenvalue weighted by Gasteiger charge is -2.35. The van der Waals surface area contributed by atoms with E-state index in [4.69, 9.17) is 0 Å². The third-order valence-electron chi connectivity index (χ3n) is 5.05. The molecular weight excluding hydrogens is 371 g/mol. The van der Waals surface area contributed by atoms with E-state index in [-0.39, 0.29) is 17.3 Å². The predicted molar refractivity (Wildman–Crippen MR) is 109 cm³/mol. The maximum atomic E-state index is 13.1. The zero-order valence-electron chi connectivity index (χ0n) is 16.1. The smallest absolute Gasteiger partial charge is 0.271 e. The van der Waals surface area contributed by atoms with Gasteiger partial charge in [-0.2, -0.15) is 4.68 Å². The van der Waals surface area contributed by atoms with Crippen LogP contribution in [0.3, 0.4) is 0 Å². The van der Waals surface area contributed by atoms with Crippen molar-refractivity contribution >= 4 is 11.7 Å². The van der Waals surface area contributed by atoms with Gasteiger partial charge in [0.05, 0.1) is 5.69 Å². The van der Waals surface area contributed by atoms with Crippen LogP contribution in [-0.2, 0) is 0 Å². The number of hydrogen-bond acceptors (Lipinski definition) is 4. The van der Waals surface area contributed by atoms with E-state index in [2.05, 4.69) is 10.00 Å². The van der Waals surface area contributed by atoms with Crippen molar-refractivity contribution in [1.29, 1.82) is 0 Å². The molecule has 29 heavy (non-hydrogen) atoms. The summed E-state index contributed by atoms with van der Waals surface area (Å²) in [6, 6.07) is 16.4. The summed E-state index contributed by atoms with van der Waals surface area (Å²) in [5, 5.41) is 4.52. The van der Waals surface area contributed by atoms with Crippen LogP contribution in [0.4, 0.5) is 10.2 Å². The molecule has 0 radical (unpaired) electrons. The minimum absolute atomic E-state index is 0.109. The maximum absolute atomic E-state index is 13.1. The summed E-state index contributed by atoms with van der Waals surface area (Å²) in [7, 11) is 0. The van der Waals surface area contributed by atoms with Crippen molar-refractivity contribution < 1.29 is 9.18 Å². The van der Waals surface area contributed by atoms with E-state index in [1.165, 1.54) is 35.0 Å². The van der Waals surface area contributed by atoms with E-state index in [0.29, 0.717) is 43.2 Å². The molecule has 0 saturated carbocycles. The molecule has 0 aliphatic carbocycles. The van der Waals surface area contributed by atoms with Crippen LogP contribution in [0, 0.1) is 12.7 Å². The lowest BCUT2D eigenvalue weighted by molar-refractivity contribution is 0.0746. The summed E-state index contributed by atoms with van der Waals surface area (Å²) in [5.41, 5.74) is 2.11. The predicted octanol–water partition coefficient (Wildman–Crippen LogP) is 2.64. The van der Waals surface area contributed by atoms with Crippen LogP contribution in [0.5, 0.6) is 0 Å². The Morgan fingerprint density at radius 3 is 2.21 bits per heavy atom. The second-order valence-electron chi connectivity index (χ2n) is 7.06. The number of anilines is 1. The normalized spacial score (nSPS) is 14.1. The van der Waals surface area contributed by atoms with E-state index in [1.807, 2.05) is 31.2 Å². The van der Waals surface area contributed by atoms with E-state index < -0.39 is 0 Å². The molecule has 2 aromatic carbocycles. The first-order valence-electron chi connectivity index (χ1n) is 9.48. The van der Waals surface area contributed by atoms with E-state index >= 15 is 0 Å². The first-order valence-corrected chi connectivity index (χ1v) is 9.48. The van der Waals surface area contributed by atoms with Gasteiger partial charge in [-0.15, -0.1) is 5.10 Å². The Kier molecular flexibility index (Phi) is 5.12. The van der Waals surface area contributed by atoms with E-state index in [9.17, 15) is 14.0 Å². The number of aryl methyl sites for hydroxylation is 1. The van der Waals surface area contributed by atoms with Crippen molar-refractivity contribution in [3.63, 3.8) is 0 Å². The Balaban J connectivity index is 1.48. The molecule has 0 atom stereocenters. The summed E-state index contributed by atoms with van der Waals surface area (Å²) < 4.78 is 14.5. The number of carbonyl (C=O) groups excluding carboxylic acids is 1. The Morgan fingerprint density at radius 1 is 0.897 bits per heavy atom. The number of halogens is 1. The van der Waals surface area contributed by atoms with Gasteiger partial charge in [0.1, 0.15) is 11.6 Å². The van der Waals surface area contributed by atoms with Crippen molar-refractivity contribution in [2.75, 3.05) is 31.1 Å². The van der Waals surface area contributed by atoms with Gasteiger partial charge in [-0.1, -0.05) is 17.7 Å². The van der Waals surface area contributed by atoms with Gasteiger partial charge in [0.15, 0.2) is 0 Å². The number of aromatic nitrogens is 2. The highest BCUT2D eigenvalue weighted by molar-refractivity contribution is 5.94. The SMILES string of the molecule is Cc1ccc(-n2nc(N3CCN(C(=O)c4ccc(F)cc4)CC3)ccc2=O)cc1. The number of nitrogens with zero attached hydrogens (tertiary/aromatic N) is 4. The average molecular weight is 392 g/mol. The number of rotatable bonds is 3. The molecule has 7 heteroatoms. The zero-order valence-corrected chi connectivity index (χ0v) is 16.1. The van der Waals surface area contributed by atoms with Gasteiger partial charge in [-0.05, 0) is 49.4 Å². The Bertz CT molecular complexity index is 1070. The topological polar surface area (TPSA) is 58.4 Å². The fraction of sp³-hybridized carbons (Fsp3) is 0.227. The fourth-order valence-electron chi connectivity index (χ4n) is 3.35. The highest BCUT2D eigenvalue weighted by atomic mass is 19.1. The van der Waals surface area contributed by atoms with Crippen LogP contribution >= 0.6 is 0 Å². The van der Waals surface area contributed by atoms with E-state index in [0.717, 1.165) is 5.56 Å². The molecule has 3 aromatic rings. The number of hydrogen-bond donors (Lipinski definition) is 0. The number of carbonyl (C=O) groups is 1. The summed E-state index contributed by atoms with van der Waals surface area (Å²) in [6.45, 7) is 4.25. The first kappa shape index (κ1) is 18.9. The summed E-state index contributed by atoms with van der Waals surface area (Å²) in [5.74, 6) is 0.224. The van der Waals surface area contributed by atoms with Crippen molar-refractivity contribution in [2.45, 2.75) is 6.92 Å². The first-order chi connectivity index (χ1) is 14.0. The van der Waals surface area contributed by atoms with Gasteiger partial charge < -0.3 is 9.80 Å². The molecule has 0 bridgehead atoms. The van der Waals surface area contributed by atoms with Crippen molar-refractivity contribution in [3.05, 3.63) is 88.0 Å². The largest absolute Gasteiger partial charge is 0.352 e. The van der Waals surface area contributed by atoms with Crippen molar-refractivity contribution in [2.24, 2.45) is 0 Å². The molecule has 4 rings (SSSR count). The maximum Gasteiger partial charge on any atom is 0.271 e. The van der Waals surface area contributed by atoms with Gasteiger partial charge in [0, 0.05) is 37.8 Å². The van der Waals surface area contributed by atoms with Gasteiger partial charge in [-0.3, -0.25) is 9.59 Å². The quantitative estimate of drug-likeness (QED) is 0.688. The highest BCUT2D eigenvalue weighted by Gasteiger charge is 2.23. The molecule has 0 spiro atoms. The molecule has 148 valence electrons. The number of amides is 1. The fourth-order valence-corrected chi connectivity index (χ4v) is 3.35. The third kappa shape index (κ3) is 4.03. The Labute approximate surface area is 167 Å². The average Bonchev–Trinajstić information content (AvgIpc) is 2.75. The van der Waals surface area contributed by atoms with Gasteiger partial charge in [0.25, 0.3) is 11.5 Å². The molecule has 1 aromatic heterocycles. The standard InChI is InChI=1S/C22H21FN4O2/c1-16-2-8-19(9-3-16)27-21(28)11-10-20(24-27)25-12-14-26(15-13-25)22(29)17-4-6-18(23)7-5-17/h2-11H,12-15H2,1H3. The Hall–Kier alpha value is -3.48. The second kappa shape index (κ2) is 7.87. The monoisotopic (exact) mass is 392 g/mol. The van der Waals surface area contributed by atoms with Crippen LogP contribution < -0.4 is 10.5 Å². The van der Waals surface area contributed by atoms with Crippen LogP contribution in [0.15, 0.2) is 65.5 Å². The molecule has 1 aliphatic heterocycles. The van der Waals surface area contributed by atoms with Gasteiger partial charge in [-0.25, -0.2) is 4.39 Å². The van der Waals surface area contributed by atoms with Crippen LogP contribution in [0.2, 0.25) is 0 Å². The minimum atomic E-state index is -0.360. The molecule has 1 aliphatic rings. The van der Waals surface area contributed by atoms with Gasteiger partial charge >= 0.3 is 0 Å². The third-order valence-corrected chi connectivity index (χ3v) is 5.05. The molecule has 0 unspecified atom stereocenters.